The molecular formula is C10H15N9O7S. The highest BCUT2D eigenvalue weighted by Gasteiger charge is 2.49. The maximum atomic E-state index is 12.3. The maximum absolute atomic E-state index is 12.3. The molecule has 2 bridgehead atoms. The molecular weight excluding hydrogens is 390 g/mol. The molecule has 2 atom stereocenters. The molecule has 2 aliphatic rings. The lowest BCUT2D eigenvalue weighted by Gasteiger charge is -2.29. The molecule has 2 fully saturated rings. The lowest BCUT2D eigenvalue weighted by Crippen LogP contribution is -2.54. The van der Waals surface area contributed by atoms with Gasteiger partial charge in [-0.2, -0.15) is 13.5 Å². The van der Waals surface area contributed by atoms with Crippen LogP contribution >= 0.6 is 0 Å². The molecule has 4 amide bonds. The van der Waals surface area contributed by atoms with E-state index in [-0.39, 0.29) is 31.9 Å². The SMILES string of the molecule is Nc1nnnn1CC(=O)NNC(=O)[C@@H]1CCC2CN1C(=O)N2OS(=O)(=O)O. The zero-order valence-corrected chi connectivity index (χ0v) is 14.4. The molecule has 148 valence electrons. The molecule has 27 heavy (non-hydrogen) atoms. The first kappa shape index (κ1) is 18.7. The number of carbonyl (C=O) groups is 3. The number of nitrogen functional groups attached to an aromatic ring is 1. The summed E-state index contributed by atoms with van der Waals surface area (Å²) >= 11 is 0. The minimum absolute atomic E-state index is 0.0293. The van der Waals surface area contributed by atoms with Crippen LogP contribution in [0.25, 0.3) is 0 Å². The van der Waals surface area contributed by atoms with Gasteiger partial charge in [-0.3, -0.25) is 25.0 Å². The van der Waals surface area contributed by atoms with Gasteiger partial charge in [-0.15, -0.1) is 4.28 Å². The summed E-state index contributed by atoms with van der Waals surface area (Å²) < 4.78 is 35.7. The van der Waals surface area contributed by atoms with Gasteiger partial charge in [-0.1, -0.05) is 5.10 Å². The quantitative estimate of drug-likeness (QED) is 0.277. The summed E-state index contributed by atoms with van der Waals surface area (Å²) in [6.07, 6.45) is 0.453. The Morgan fingerprint density at radius 2 is 2.07 bits per heavy atom. The highest BCUT2D eigenvalue weighted by atomic mass is 32.3. The Hall–Kier alpha value is -3.05. The summed E-state index contributed by atoms with van der Waals surface area (Å²) in [7, 11) is -4.87. The average molecular weight is 405 g/mol. The van der Waals surface area contributed by atoms with Crippen molar-refractivity contribution in [3.05, 3.63) is 0 Å². The Kier molecular flexibility index (Phi) is 4.81. The van der Waals surface area contributed by atoms with E-state index in [1.807, 2.05) is 0 Å². The van der Waals surface area contributed by atoms with Crippen molar-refractivity contribution in [3.63, 3.8) is 0 Å². The molecule has 0 saturated carbocycles. The molecule has 2 aliphatic heterocycles. The highest BCUT2D eigenvalue weighted by Crippen LogP contribution is 2.30. The van der Waals surface area contributed by atoms with E-state index >= 15 is 0 Å². The summed E-state index contributed by atoms with van der Waals surface area (Å²) in [5.74, 6) is -1.44. The van der Waals surface area contributed by atoms with Crippen LogP contribution in [0.3, 0.4) is 0 Å². The van der Waals surface area contributed by atoms with Crippen molar-refractivity contribution in [1.29, 1.82) is 0 Å². The third kappa shape index (κ3) is 4.04. The fourth-order valence-electron chi connectivity index (χ4n) is 2.82. The summed E-state index contributed by atoms with van der Waals surface area (Å²) in [6.45, 7) is -0.313. The van der Waals surface area contributed by atoms with E-state index in [9.17, 15) is 22.8 Å². The Morgan fingerprint density at radius 3 is 2.70 bits per heavy atom. The second kappa shape index (κ2) is 6.93. The molecule has 1 unspecified atom stereocenters. The molecule has 0 radical (unpaired) electrons. The number of rotatable bonds is 5. The number of nitrogens with two attached hydrogens (primary N) is 1. The number of nitrogens with zero attached hydrogens (tertiary/aromatic N) is 6. The van der Waals surface area contributed by atoms with E-state index in [4.69, 9.17) is 10.3 Å². The first-order chi connectivity index (χ1) is 12.7. The van der Waals surface area contributed by atoms with Gasteiger partial charge in [-0.25, -0.2) is 9.48 Å². The van der Waals surface area contributed by atoms with E-state index in [1.165, 1.54) is 0 Å². The van der Waals surface area contributed by atoms with E-state index in [1.54, 1.807) is 0 Å². The number of tetrazole rings is 1. The number of piperidine rings is 1. The minimum Gasteiger partial charge on any atom is -0.367 e. The van der Waals surface area contributed by atoms with Crippen molar-refractivity contribution >= 4 is 34.2 Å². The minimum atomic E-state index is -4.87. The van der Waals surface area contributed by atoms with Gasteiger partial charge < -0.3 is 10.6 Å². The van der Waals surface area contributed by atoms with Crippen molar-refractivity contribution in [1.82, 2.24) is 41.0 Å². The van der Waals surface area contributed by atoms with Crippen LogP contribution in [0.5, 0.6) is 0 Å². The number of carbonyl (C=O) groups excluding carboxylic acids is 3. The van der Waals surface area contributed by atoms with Crippen LogP contribution in [0.2, 0.25) is 0 Å². The van der Waals surface area contributed by atoms with Crippen molar-refractivity contribution in [3.8, 4) is 0 Å². The third-order valence-corrected chi connectivity index (χ3v) is 4.33. The third-order valence-electron chi connectivity index (χ3n) is 3.98. The smallest absolute Gasteiger partial charge is 0.367 e. The number of amides is 4. The van der Waals surface area contributed by atoms with Crippen molar-refractivity contribution in [2.45, 2.75) is 31.5 Å². The van der Waals surface area contributed by atoms with E-state index < -0.39 is 40.3 Å². The van der Waals surface area contributed by atoms with Crippen molar-refractivity contribution in [2.24, 2.45) is 0 Å². The van der Waals surface area contributed by atoms with Gasteiger partial charge in [0, 0.05) is 6.54 Å². The van der Waals surface area contributed by atoms with E-state index in [0.717, 1.165) is 9.58 Å². The number of hydrazine groups is 1. The van der Waals surface area contributed by atoms with Gasteiger partial charge in [0.15, 0.2) is 0 Å². The van der Waals surface area contributed by atoms with Gasteiger partial charge in [0.25, 0.3) is 11.8 Å². The molecule has 1 aromatic rings. The second-order valence-electron chi connectivity index (χ2n) is 5.74. The molecule has 3 rings (SSSR count). The average Bonchev–Trinajstić information content (AvgIpc) is 3.09. The highest BCUT2D eigenvalue weighted by molar-refractivity contribution is 7.80. The molecule has 1 aromatic heterocycles. The van der Waals surface area contributed by atoms with E-state index in [0.29, 0.717) is 5.06 Å². The largest absolute Gasteiger partial charge is 0.418 e. The number of hydrogen-bond donors (Lipinski definition) is 4. The number of hydroxylamine groups is 2. The predicted octanol–water partition coefficient (Wildman–Crippen LogP) is -3.59. The number of fused-ring (bicyclic) bond motifs is 2. The molecule has 3 heterocycles. The number of hydrogen-bond acceptors (Lipinski definition) is 10. The summed E-state index contributed by atoms with van der Waals surface area (Å²) in [5, 5.41) is 10.6. The van der Waals surface area contributed by atoms with Crippen molar-refractivity contribution < 1.29 is 31.6 Å². The van der Waals surface area contributed by atoms with Crippen LogP contribution in [-0.2, 0) is 30.8 Å². The lowest BCUT2D eigenvalue weighted by molar-refractivity contribution is -0.132. The first-order valence-electron chi connectivity index (χ1n) is 7.53. The fourth-order valence-corrected chi connectivity index (χ4v) is 3.21. The summed E-state index contributed by atoms with van der Waals surface area (Å²) in [4.78, 5) is 37.4. The Balaban J connectivity index is 1.56. The van der Waals surface area contributed by atoms with Crippen LogP contribution in [0, 0.1) is 0 Å². The first-order valence-corrected chi connectivity index (χ1v) is 8.89. The van der Waals surface area contributed by atoms with Crippen LogP contribution in [0.15, 0.2) is 0 Å². The molecule has 2 saturated heterocycles. The molecule has 0 spiro atoms. The van der Waals surface area contributed by atoms with Gasteiger partial charge in [-0.05, 0) is 23.3 Å². The van der Waals surface area contributed by atoms with Crippen LogP contribution in [0.1, 0.15) is 12.8 Å². The summed E-state index contributed by atoms with van der Waals surface area (Å²) in [6, 6.07) is -2.47. The molecule has 16 nitrogen and oxygen atoms in total. The lowest BCUT2D eigenvalue weighted by atomic mass is 10.0. The normalized spacial score (nSPS) is 22.0. The van der Waals surface area contributed by atoms with Crippen molar-refractivity contribution in [2.75, 3.05) is 12.3 Å². The topological polar surface area (TPSA) is 215 Å². The number of aromatic nitrogens is 4. The molecule has 0 aliphatic carbocycles. The Labute approximate surface area is 151 Å². The Morgan fingerprint density at radius 1 is 1.33 bits per heavy atom. The fraction of sp³-hybridized carbons (Fsp3) is 0.600. The van der Waals surface area contributed by atoms with Crippen LogP contribution in [-0.4, -0.2) is 79.6 Å². The second-order valence-corrected chi connectivity index (χ2v) is 6.75. The Bertz CT molecular complexity index is 870. The standard InChI is InChI=1S/C10H15N9O7S/c11-9-14-15-16-18(9)4-7(20)12-13-8(21)6-2-1-5-3-17(6)10(22)19(5)26-27(23,24)25/h5-6H,1-4H2,(H,12,20)(H,13,21)(H2,11,14,16)(H,23,24,25)/t5?,6-/m0/s1. The zero-order valence-electron chi connectivity index (χ0n) is 13.5. The van der Waals surface area contributed by atoms with Gasteiger partial charge in [0.05, 0.1) is 6.04 Å². The van der Waals surface area contributed by atoms with Crippen LogP contribution in [0.4, 0.5) is 10.7 Å². The number of nitrogens with one attached hydrogen (secondary N) is 2. The molecule has 17 heteroatoms. The van der Waals surface area contributed by atoms with Gasteiger partial charge in [0.2, 0.25) is 5.95 Å². The molecule has 0 aromatic carbocycles. The van der Waals surface area contributed by atoms with Gasteiger partial charge >= 0.3 is 16.4 Å². The van der Waals surface area contributed by atoms with E-state index in [2.05, 4.69) is 30.7 Å². The molecule has 5 N–H and O–H groups in total. The monoisotopic (exact) mass is 405 g/mol. The predicted molar refractivity (Wildman–Crippen MR) is 81.9 cm³/mol. The zero-order chi connectivity index (χ0) is 19.8. The van der Waals surface area contributed by atoms with Crippen LogP contribution < -0.4 is 16.6 Å². The number of urea groups is 1. The van der Waals surface area contributed by atoms with Gasteiger partial charge in [0.1, 0.15) is 12.6 Å². The number of anilines is 1. The maximum Gasteiger partial charge on any atom is 0.418 e. The summed E-state index contributed by atoms with van der Waals surface area (Å²) in [5.41, 5.74) is 9.72.